The summed E-state index contributed by atoms with van der Waals surface area (Å²) in [6.45, 7) is 2.64. The smallest absolute Gasteiger partial charge is 0.306 e. The zero-order chi connectivity index (χ0) is 35.3. The van der Waals surface area contributed by atoms with Gasteiger partial charge in [-0.2, -0.15) is 0 Å². The van der Waals surface area contributed by atoms with Crippen LogP contribution < -0.4 is 21.7 Å². The number of hydrogen-bond donors (Lipinski definition) is 8. The summed E-state index contributed by atoms with van der Waals surface area (Å²) in [4.78, 5) is 77.1. The molecule has 2 heterocycles. The SMILES string of the molecule is C[C@H]1O[C@H](CC(=O)O)C(O)c2c1c(O)c1c(O)c(-c3cc(=O)c4c(=O)c5c(c(=O)c=4c3=O)[C@@H](C)O[C@H](CC(=O)O)C5O)cc(O)c1c2O. The van der Waals surface area contributed by atoms with E-state index in [0.29, 0.717) is 6.07 Å². The van der Waals surface area contributed by atoms with E-state index in [1.54, 1.807) is 0 Å². The van der Waals surface area contributed by atoms with E-state index in [4.69, 9.17) is 14.6 Å². The van der Waals surface area contributed by atoms with Crippen molar-refractivity contribution in [3.8, 4) is 34.1 Å². The van der Waals surface area contributed by atoms with Gasteiger partial charge in [-0.25, -0.2) is 0 Å². The van der Waals surface area contributed by atoms with Crippen LogP contribution in [0.4, 0.5) is 0 Å². The molecule has 250 valence electrons. The molecule has 48 heavy (non-hydrogen) atoms. The van der Waals surface area contributed by atoms with E-state index in [1.165, 1.54) is 13.8 Å². The van der Waals surface area contributed by atoms with Crippen LogP contribution in [0.25, 0.3) is 21.9 Å². The third-order valence-electron chi connectivity index (χ3n) is 8.94. The Kier molecular flexibility index (Phi) is 7.51. The molecule has 2 unspecified atom stereocenters. The number of carboxylic acids is 2. The molecular formula is C32H26O16. The van der Waals surface area contributed by atoms with E-state index < -0.39 is 150 Å². The molecule has 0 radical (unpaired) electrons. The number of ether oxygens (including phenoxy) is 2. The Hall–Kier alpha value is -5.42. The monoisotopic (exact) mass is 666 g/mol. The van der Waals surface area contributed by atoms with Crippen molar-refractivity contribution < 1.29 is 59.9 Å². The number of phenolic OH excluding ortho intramolecular Hbond substituents is 4. The molecule has 0 fully saturated rings. The second-order valence-corrected chi connectivity index (χ2v) is 11.8. The highest BCUT2D eigenvalue weighted by Crippen LogP contribution is 2.56. The van der Waals surface area contributed by atoms with Crippen molar-refractivity contribution in [3.63, 3.8) is 0 Å². The molecule has 16 heteroatoms. The van der Waals surface area contributed by atoms with E-state index in [9.17, 15) is 64.5 Å². The van der Waals surface area contributed by atoms with Gasteiger partial charge in [-0.05, 0) is 26.0 Å². The van der Waals surface area contributed by atoms with Crippen LogP contribution in [-0.2, 0) is 19.1 Å². The van der Waals surface area contributed by atoms with Crippen molar-refractivity contribution in [1.82, 2.24) is 0 Å². The molecule has 16 nitrogen and oxygen atoms in total. The first-order chi connectivity index (χ1) is 22.5. The van der Waals surface area contributed by atoms with Crippen LogP contribution in [0, 0.1) is 10.4 Å². The largest absolute Gasteiger partial charge is 0.507 e. The van der Waals surface area contributed by atoms with Gasteiger partial charge < -0.3 is 50.3 Å². The van der Waals surface area contributed by atoms with Gasteiger partial charge in [0.25, 0.3) is 0 Å². The van der Waals surface area contributed by atoms with Crippen LogP contribution >= 0.6 is 0 Å². The lowest BCUT2D eigenvalue weighted by molar-refractivity contribution is -0.149. The molecule has 2 aromatic carbocycles. The molecule has 0 aromatic heterocycles. The van der Waals surface area contributed by atoms with Crippen molar-refractivity contribution in [2.75, 3.05) is 0 Å². The van der Waals surface area contributed by atoms with E-state index in [-0.39, 0.29) is 11.1 Å². The summed E-state index contributed by atoms with van der Waals surface area (Å²) in [6.07, 6.45) is -10.4. The van der Waals surface area contributed by atoms with Crippen molar-refractivity contribution >= 4 is 22.7 Å². The Balaban J connectivity index is 1.64. The van der Waals surface area contributed by atoms with Gasteiger partial charge in [0.1, 0.15) is 35.2 Å². The summed E-state index contributed by atoms with van der Waals surface area (Å²) in [6, 6.07) is 1.34. The van der Waals surface area contributed by atoms with E-state index in [0.717, 1.165) is 6.07 Å². The zero-order valence-electron chi connectivity index (χ0n) is 24.9. The molecule has 4 aliphatic rings. The van der Waals surface area contributed by atoms with Gasteiger partial charge in [0.05, 0.1) is 58.5 Å². The van der Waals surface area contributed by atoms with Gasteiger partial charge in [-0.3, -0.25) is 28.8 Å². The van der Waals surface area contributed by atoms with Crippen LogP contribution in [0.1, 0.15) is 73.4 Å². The average molecular weight is 667 g/mol. The van der Waals surface area contributed by atoms with Gasteiger partial charge in [0, 0.05) is 33.4 Å². The maximum atomic E-state index is 13.9. The molecule has 0 bridgehead atoms. The van der Waals surface area contributed by atoms with Crippen molar-refractivity contribution in [2.24, 2.45) is 0 Å². The van der Waals surface area contributed by atoms with Crippen molar-refractivity contribution in [1.29, 1.82) is 0 Å². The van der Waals surface area contributed by atoms with Gasteiger partial charge in [-0.15, -0.1) is 0 Å². The van der Waals surface area contributed by atoms with Crippen molar-refractivity contribution in [3.05, 3.63) is 85.7 Å². The predicted octanol–water partition coefficient (Wildman–Crippen LogP) is 0.306. The third-order valence-corrected chi connectivity index (χ3v) is 8.94. The average Bonchev–Trinajstić information content (AvgIpc) is 2.99. The Bertz CT molecular complexity index is 2370. The summed E-state index contributed by atoms with van der Waals surface area (Å²) in [7, 11) is 0. The number of fused-ring (bicyclic) bond motifs is 3. The molecule has 0 amide bonds. The number of aliphatic hydroxyl groups is 2. The minimum Gasteiger partial charge on any atom is -0.507 e. The summed E-state index contributed by atoms with van der Waals surface area (Å²) >= 11 is 0. The Morgan fingerprint density at radius 2 is 1.12 bits per heavy atom. The van der Waals surface area contributed by atoms with E-state index in [2.05, 4.69) is 0 Å². The fourth-order valence-corrected chi connectivity index (χ4v) is 6.91. The van der Waals surface area contributed by atoms with Crippen molar-refractivity contribution in [2.45, 2.75) is 63.3 Å². The molecule has 2 aromatic rings. The van der Waals surface area contributed by atoms with Crippen LogP contribution in [0.3, 0.4) is 0 Å². The van der Waals surface area contributed by atoms with Gasteiger partial charge in [0.15, 0.2) is 21.7 Å². The number of aliphatic hydroxyl groups excluding tert-OH is 2. The number of hydrogen-bond acceptors (Lipinski definition) is 14. The minimum atomic E-state index is -1.92. The molecule has 6 rings (SSSR count). The quantitative estimate of drug-likeness (QED) is 0.133. The third kappa shape index (κ3) is 4.52. The lowest BCUT2D eigenvalue weighted by atomic mass is 9.85. The van der Waals surface area contributed by atoms with Gasteiger partial charge >= 0.3 is 11.9 Å². The number of rotatable bonds is 5. The summed E-state index contributed by atoms with van der Waals surface area (Å²) in [5.74, 6) is -6.25. The van der Waals surface area contributed by atoms with E-state index >= 15 is 0 Å². The molecule has 2 aliphatic carbocycles. The molecule has 6 atom stereocenters. The van der Waals surface area contributed by atoms with Gasteiger partial charge in [0.2, 0.25) is 0 Å². The lowest BCUT2D eigenvalue weighted by Gasteiger charge is -2.35. The highest BCUT2D eigenvalue weighted by Gasteiger charge is 2.41. The van der Waals surface area contributed by atoms with Crippen LogP contribution in [0.2, 0.25) is 0 Å². The molecule has 8 N–H and O–H groups in total. The van der Waals surface area contributed by atoms with Crippen LogP contribution in [0.15, 0.2) is 31.3 Å². The standard InChI is InChI=1S/C32H26O16/c1-7-17-21(27(41)13(47-7)5-15(35)36)31(45)19-11(33)3-9(25(39)23(19)29(17)43)10-4-12(34)20-24(26(10)40)30(44)18-8(2)48-14(6-16(37)38)28(42)22(18)32(20)46/h3-4,7-8,13-14,27-28,33,39,41-43,45H,5-6H2,1-2H3,(H,35,36)(H,37,38)/t7-,8-,13-,14-,27?,28?/m1/s1. The summed E-state index contributed by atoms with van der Waals surface area (Å²) in [5, 5.41) is 81.8. The molecule has 2 aliphatic heterocycles. The number of benzene rings is 2. The maximum Gasteiger partial charge on any atom is 0.306 e. The van der Waals surface area contributed by atoms with E-state index in [1.807, 2.05) is 0 Å². The lowest BCUT2D eigenvalue weighted by Crippen LogP contribution is -2.42. The normalized spacial score (nSPS) is 23.6. The fraction of sp³-hybridized carbons (Fsp3) is 0.312. The zero-order valence-corrected chi connectivity index (χ0v) is 24.9. The number of carbonyl (C=O) groups is 2. The first kappa shape index (κ1) is 32.5. The molecule has 0 saturated carbocycles. The second kappa shape index (κ2) is 11.1. The highest BCUT2D eigenvalue weighted by molar-refractivity contribution is 6.07. The summed E-state index contributed by atoms with van der Waals surface area (Å²) < 4.78 is 11.0. The number of aromatic hydroxyl groups is 4. The topological polar surface area (TPSA) is 283 Å². The number of aliphatic carboxylic acids is 2. The maximum absolute atomic E-state index is 13.9. The highest BCUT2D eigenvalue weighted by atomic mass is 16.5. The second-order valence-electron chi connectivity index (χ2n) is 11.8. The first-order valence-electron chi connectivity index (χ1n) is 14.4. The first-order valence-corrected chi connectivity index (χ1v) is 14.4. The molecule has 0 spiro atoms. The van der Waals surface area contributed by atoms with Gasteiger partial charge in [-0.1, -0.05) is 0 Å². The molecular weight excluding hydrogens is 640 g/mol. The van der Waals surface area contributed by atoms with Crippen LogP contribution in [-0.4, -0.2) is 65.0 Å². The number of phenols is 4. The molecule has 0 saturated heterocycles. The van der Waals surface area contributed by atoms with Crippen LogP contribution in [0.5, 0.6) is 23.0 Å². The Morgan fingerprint density at radius 3 is 1.69 bits per heavy atom. The summed E-state index contributed by atoms with van der Waals surface area (Å²) in [5.41, 5.74) is -7.83. The fourth-order valence-electron chi connectivity index (χ4n) is 6.91. The minimum absolute atomic E-state index is 0.274. The predicted molar refractivity (Wildman–Crippen MR) is 160 cm³/mol. The Morgan fingerprint density at radius 1 is 0.625 bits per heavy atom. The number of carboxylic acid groups (broad SMARTS) is 2. The Labute approximate surface area is 265 Å².